The molecule has 0 radical (unpaired) electrons. The summed E-state index contributed by atoms with van der Waals surface area (Å²) >= 11 is 0. The van der Waals surface area contributed by atoms with Crippen LogP contribution in [0.5, 0.6) is 0 Å². The largest absolute Gasteiger partial charge is 0.460 e. The van der Waals surface area contributed by atoms with Gasteiger partial charge in [0.25, 0.3) is 0 Å². The Morgan fingerprint density at radius 1 is 1.30 bits per heavy atom. The number of esters is 1. The van der Waals surface area contributed by atoms with Gasteiger partial charge in [0, 0.05) is 0 Å². The Morgan fingerprint density at radius 3 is 2.33 bits per heavy atom. The molecule has 2 rings (SSSR count). The van der Waals surface area contributed by atoms with Crippen LogP contribution in [0.25, 0.3) is 0 Å². The summed E-state index contributed by atoms with van der Waals surface area (Å²) in [6, 6.07) is 10.3. The minimum atomic E-state index is -0.659. The van der Waals surface area contributed by atoms with E-state index in [4.69, 9.17) is 9.47 Å². The highest BCUT2D eigenvalue weighted by atomic mass is 16.6. The van der Waals surface area contributed by atoms with Crippen molar-refractivity contribution < 1.29 is 23.9 Å². The molecule has 0 saturated carbocycles. The second-order valence-corrected chi connectivity index (χ2v) is 7.27. The number of rotatable bonds is 5. The molecule has 0 N–H and O–H groups in total. The minimum absolute atomic E-state index is 0.0775. The molecule has 6 heteroatoms. The maximum absolute atomic E-state index is 12.2. The number of ether oxygens (including phenoxy) is 2. The van der Waals surface area contributed by atoms with Crippen LogP contribution in [0.3, 0.4) is 0 Å². The van der Waals surface area contributed by atoms with Crippen molar-refractivity contribution in [3.05, 3.63) is 48.6 Å². The molecule has 1 atom stereocenters. The zero-order valence-corrected chi connectivity index (χ0v) is 16.6. The lowest BCUT2D eigenvalue weighted by Crippen LogP contribution is -2.38. The first-order chi connectivity index (χ1) is 12.6. The number of carbonyl (C=O) groups is 3. The first kappa shape index (κ1) is 22.4. The van der Waals surface area contributed by atoms with Crippen LogP contribution in [0.2, 0.25) is 0 Å². The highest BCUT2D eigenvalue weighted by molar-refractivity contribution is 5.95. The van der Waals surface area contributed by atoms with Gasteiger partial charge in [-0.25, -0.2) is 9.69 Å². The van der Waals surface area contributed by atoms with Crippen LogP contribution < -0.4 is 0 Å². The van der Waals surface area contributed by atoms with Crippen molar-refractivity contribution in [3.63, 3.8) is 0 Å². The highest BCUT2D eigenvalue weighted by Gasteiger charge is 2.34. The molecule has 0 aliphatic carbocycles. The highest BCUT2D eigenvalue weighted by Crippen LogP contribution is 2.19. The predicted octanol–water partition coefficient (Wildman–Crippen LogP) is 3.88. The molecule has 1 saturated heterocycles. The Hall–Kier alpha value is -2.63. The molecule has 148 valence electrons. The SMILES string of the molecule is C=CCC(CC(=O)OC(C)(C)C)C(=O)N1CCOC1=O.Cc1ccccc1. The number of benzene rings is 1. The van der Waals surface area contributed by atoms with Crippen molar-refractivity contribution in [1.82, 2.24) is 4.90 Å². The maximum atomic E-state index is 12.2. The van der Waals surface area contributed by atoms with Crippen LogP contribution in [0.1, 0.15) is 39.2 Å². The van der Waals surface area contributed by atoms with Gasteiger partial charge < -0.3 is 9.47 Å². The zero-order chi connectivity index (χ0) is 20.4. The van der Waals surface area contributed by atoms with Crippen molar-refractivity contribution in [2.75, 3.05) is 13.2 Å². The first-order valence-electron chi connectivity index (χ1n) is 8.96. The van der Waals surface area contributed by atoms with Crippen molar-refractivity contribution in [2.45, 2.75) is 46.1 Å². The molecule has 0 spiro atoms. The lowest BCUT2D eigenvalue weighted by atomic mass is 9.99. The van der Waals surface area contributed by atoms with Gasteiger partial charge in [-0.1, -0.05) is 42.0 Å². The van der Waals surface area contributed by atoms with Gasteiger partial charge in [-0.2, -0.15) is 0 Å². The molecule has 6 nitrogen and oxygen atoms in total. The molecular formula is C21H29NO5. The van der Waals surface area contributed by atoms with Gasteiger partial charge in [-0.3, -0.25) is 9.59 Å². The van der Waals surface area contributed by atoms with Crippen molar-refractivity contribution in [3.8, 4) is 0 Å². The summed E-state index contributed by atoms with van der Waals surface area (Å²) in [4.78, 5) is 36.4. The maximum Gasteiger partial charge on any atom is 0.416 e. The molecule has 1 fully saturated rings. The van der Waals surface area contributed by atoms with E-state index in [1.807, 2.05) is 18.2 Å². The van der Waals surface area contributed by atoms with Crippen LogP contribution in [0.4, 0.5) is 4.79 Å². The topological polar surface area (TPSA) is 72.9 Å². The third-order valence-corrected chi connectivity index (χ3v) is 3.60. The summed E-state index contributed by atoms with van der Waals surface area (Å²) in [5.74, 6) is -1.53. The Kier molecular flexibility index (Phi) is 8.72. The molecule has 0 bridgehead atoms. The van der Waals surface area contributed by atoms with E-state index in [0.29, 0.717) is 6.42 Å². The number of nitrogens with zero attached hydrogens (tertiary/aromatic N) is 1. The molecule has 2 amide bonds. The summed E-state index contributed by atoms with van der Waals surface area (Å²) < 4.78 is 9.92. The van der Waals surface area contributed by atoms with Crippen LogP contribution in [-0.2, 0) is 19.1 Å². The fraction of sp³-hybridized carbons (Fsp3) is 0.476. The monoisotopic (exact) mass is 375 g/mol. The van der Waals surface area contributed by atoms with Crippen molar-refractivity contribution in [1.29, 1.82) is 0 Å². The van der Waals surface area contributed by atoms with Crippen LogP contribution in [-0.4, -0.2) is 41.6 Å². The molecule has 1 unspecified atom stereocenters. The summed E-state index contributed by atoms with van der Waals surface area (Å²) in [5, 5.41) is 0. The van der Waals surface area contributed by atoms with E-state index in [1.54, 1.807) is 26.8 Å². The van der Waals surface area contributed by atoms with Crippen molar-refractivity contribution in [2.24, 2.45) is 5.92 Å². The predicted molar refractivity (Wildman–Crippen MR) is 103 cm³/mol. The molecular weight excluding hydrogens is 346 g/mol. The van der Waals surface area contributed by atoms with Gasteiger partial charge in [0.05, 0.1) is 18.9 Å². The zero-order valence-electron chi connectivity index (χ0n) is 16.6. The molecule has 27 heavy (non-hydrogen) atoms. The van der Waals surface area contributed by atoms with E-state index < -0.39 is 29.5 Å². The van der Waals surface area contributed by atoms with E-state index in [-0.39, 0.29) is 19.6 Å². The van der Waals surface area contributed by atoms with Gasteiger partial charge in [0.1, 0.15) is 12.2 Å². The number of aryl methyl sites for hydroxylation is 1. The van der Waals surface area contributed by atoms with Crippen molar-refractivity contribution >= 4 is 18.0 Å². The van der Waals surface area contributed by atoms with E-state index in [0.717, 1.165) is 4.90 Å². The second-order valence-electron chi connectivity index (χ2n) is 7.27. The lowest BCUT2D eigenvalue weighted by Gasteiger charge is -2.22. The summed E-state index contributed by atoms with van der Waals surface area (Å²) in [6.45, 7) is 11.3. The van der Waals surface area contributed by atoms with Gasteiger partial charge in [-0.05, 0) is 34.1 Å². The molecule has 1 aromatic rings. The Bertz CT molecular complexity index is 648. The first-order valence-corrected chi connectivity index (χ1v) is 8.96. The molecule has 1 aliphatic rings. The lowest BCUT2D eigenvalue weighted by molar-refractivity contribution is -0.158. The number of carbonyl (C=O) groups excluding carboxylic acids is 3. The Balaban J connectivity index is 0.000000433. The van der Waals surface area contributed by atoms with Crippen LogP contribution in [0.15, 0.2) is 43.0 Å². The average Bonchev–Trinajstić information content (AvgIpc) is 2.99. The second kappa shape index (κ2) is 10.5. The standard InChI is InChI=1S/C14H21NO5.C7H8/c1-5-6-10(9-11(16)20-14(2,3)4)12(17)15-7-8-19-13(15)18;1-7-5-3-2-4-6-7/h5,10H,1,6-9H2,2-4H3;2-6H,1H3. The van der Waals surface area contributed by atoms with Gasteiger partial charge in [0.2, 0.25) is 5.91 Å². The summed E-state index contributed by atoms with van der Waals surface area (Å²) in [7, 11) is 0. The fourth-order valence-corrected chi connectivity index (χ4v) is 2.41. The molecule has 1 heterocycles. The molecule has 1 aromatic carbocycles. The average molecular weight is 375 g/mol. The van der Waals surface area contributed by atoms with Gasteiger partial charge in [-0.15, -0.1) is 6.58 Å². The van der Waals surface area contributed by atoms with Crippen LogP contribution >= 0.6 is 0 Å². The fourth-order valence-electron chi connectivity index (χ4n) is 2.41. The Morgan fingerprint density at radius 2 is 1.93 bits per heavy atom. The van der Waals surface area contributed by atoms with E-state index in [2.05, 4.69) is 25.6 Å². The van der Waals surface area contributed by atoms with Gasteiger partial charge in [0.15, 0.2) is 0 Å². The number of cyclic esters (lactones) is 1. The number of amides is 2. The number of hydrogen-bond donors (Lipinski definition) is 0. The van der Waals surface area contributed by atoms with E-state index in [1.165, 1.54) is 5.56 Å². The van der Waals surface area contributed by atoms with E-state index in [9.17, 15) is 14.4 Å². The normalized spacial score (nSPS) is 14.5. The molecule has 0 aromatic heterocycles. The Labute approximate surface area is 161 Å². The third kappa shape index (κ3) is 8.53. The summed E-state index contributed by atoms with van der Waals surface area (Å²) in [6.07, 6.45) is 1.12. The third-order valence-electron chi connectivity index (χ3n) is 3.60. The number of imide groups is 1. The molecule has 1 aliphatic heterocycles. The van der Waals surface area contributed by atoms with Crippen LogP contribution in [0, 0.1) is 12.8 Å². The number of hydrogen-bond acceptors (Lipinski definition) is 5. The van der Waals surface area contributed by atoms with E-state index >= 15 is 0 Å². The smallest absolute Gasteiger partial charge is 0.416 e. The number of allylic oxidation sites excluding steroid dienone is 1. The van der Waals surface area contributed by atoms with Gasteiger partial charge >= 0.3 is 12.1 Å². The quantitative estimate of drug-likeness (QED) is 0.577. The minimum Gasteiger partial charge on any atom is -0.460 e. The summed E-state index contributed by atoms with van der Waals surface area (Å²) in [5.41, 5.74) is 0.716.